The van der Waals surface area contributed by atoms with E-state index >= 15 is 0 Å². The van der Waals surface area contributed by atoms with Crippen molar-refractivity contribution >= 4 is 38.5 Å². The van der Waals surface area contributed by atoms with Crippen LogP contribution in [0.25, 0.3) is 11.4 Å². The summed E-state index contributed by atoms with van der Waals surface area (Å²) < 4.78 is 4.91. The van der Waals surface area contributed by atoms with E-state index in [2.05, 4.69) is 30.6 Å². The van der Waals surface area contributed by atoms with Gasteiger partial charge >= 0.3 is 0 Å². The van der Waals surface area contributed by atoms with Gasteiger partial charge < -0.3 is 5.11 Å². The van der Waals surface area contributed by atoms with Crippen molar-refractivity contribution in [2.24, 2.45) is 0 Å². The van der Waals surface area contributed by atoms with Crippen molar-refractivity contribution in [3.05, 3.63) is 58.6 Å². The normalized spacial score (nSPS) is 10.4. The highest BCUT2D eigenvalue weighted by atomic mass is 79.9. The molecule has 1 aromatic heterocycles. The number of aromatic nitrogens is 2. The van der Waals surface area contributed by atoms with E-state index in [9.17, 15) is 9.90 Å². The first-order valence-corrected chi connectivity index (χ1v) is 7.89. The van der Waals surface area contributed by atoms with Gasteiger partial charge in [0, 0.05) is 21.6 Å². The molecule has 0 spiro atoms. The second kappa shape index (κ2) is 6.25. The van der Waals surface area contributed by atoms with Gasteiger partial charge in [-0.1, -0.05) is 46.3 Å². The lowest BCUT2D eigenvalue weighted by atomic mass is 10.2. The Morgan fingerprint density at radius 1 is 1.18 bits per heavy atom. The van der Waals surface area contributed by atoms with E-state index in [4.69, 9.17) is 0 Å². The Labute approximate surface area is 139 Å². The summed E-state index contributed by atoms with van der Waals surface area (Å²) in [5, 5.41) is 12.8. The number of carbonyl (C=O) groups is 1. The fourth-order valence-corrected chi connectivity index (χ4v) is 2.77. The van der Waals surface area contributed by atoms with Crippen molar-refractivity contribution in [3.8, 4) is 17.1 Å². The van der Waals surface area contributed by atoms with E-state index < -0.39 is 5.91 Å². The number of phenols is 1. The predicted molar refractivity (Wildman–Crippen MR) is 89.1 cm³/mol. The molecule has 0 radical (unpaired) electrons. The maximum atomic E-state index is 12.1. The van der Waals surface area contributed by atoms with Crippen molar-refractivity contribution < 1.29 is 9.90 Å². The van der Waals surface area contributed by atoms with Gasteiger partial charge in [-0.05, 0) is 18.2 Å². The average Bonchev–Trinajstić information content (AvgIpc) is 2.96. The van der Waals surface area contributed by atoms with Gasteiger partial charge in [0.1, 0.15) is 5.75 Å². The molecule has 0 aliphatic rings. The number of carbonyl (C=O) groups excluding carboxylic acids is 1. The molecule has 2 aromatic carbocycles. The van der Waals surface area contributed by atoms with Crippen LogP contribution in [0, 0.1) is 0 Å². The Bertz CT molecular complexity index is 821. The molecule has 3 rings (SSSR count). The lowest BCUT2D eigenvalue weighted by molar-refractivity contribution is 0.102. The second-order valence-corrected chi connectivity index (χ2v) is 6.07. The fraction of sp³-hybridized carbons (Fsp3) is 0. The molecule has 110 valence electrons. The van der Waals surface area contributed by atoms with Crippen LogP contribution in [0.15, 0.2) is 53.0 Å². The lowest BCUT2D eigenvalue weighted by Gasteiger charge is -2.04. The number of phenolic OH excluding ortho intramolecular Hbond substituents is 1. The summed E-state index contributed by atoms with van der Waals surface area (Å²) in [6, 6.07) is 14.2. The fourth-order valence-electron chi connectivity index (χ4n) is 1.84. The van der Waals surface area contributed by atoms with E-state index in [1.807, 2.05) is 30.3 Å². The standard InChI is InChI=1S/C15H10BrN3O2S/c16-10-6-7-11(12(20)8-10)14(21)18-15-17-13(19-22-15)9-4-2-1-3-5-9/h1-8,20H,(H,17,18,19,21). The molecule has 7 heteroatoms. The molecule has 0 aliphatic carbocycles. The summed E-state index contributed by atoms with van der Waals surface area (Å²) in [7, 11) is 0. The van der Waals surface area contributed by atoms with Crippen LogP contribution in [0.1, 0.15) is 10.4 Å². The van der Waals surface area contributed by atoms with E-state index in [1.54, 1.807) is 6.07 Å². The maximum Gasteiger partial charge on any atom is 0.261 e. The van der Waals surface area contributed by atoms with Crippen LogP contribution in [-0.2, 0) is 0 Å². The molecular formula is C15H10BrN3O2S. The minimum absolute atomic E-state index is 0.0975. The minimum Gasteiger partial charge on any atom is -0.507 e. The van der Waals surface area contributed by atoms with Gasteiger partial charge in [-0.2, -0.15) is 9.36 Å². The highest BCUT2D eigenvalue weighted by molar-refractivity contribution is 9.10. The number of hydrogen-bond acceptors (Lipinski definition) is 5. The van der Waals surface area contributed by atoms with Gasteiger partial charge in [-0.15, -0.1) is 0 Å². The van der Waals surface area contributed by atoms with Crippen molar-refractivity contribution in [3.63, 3.8) is 0 Å². The summed E-state index contributed by atoms with van der Waals surface area (Å²) >= 11 is 4.32. The van der Waals surface area contributed by atoms with E-state index in [0.29, 0.717) is 15.4 Å². The SMILES string of the molecule is O=C(Nc1nc(-c2ccccc2)ns1)c1ccc(Br)cc1O. The number of aromatic hydroxyl groups is 1. The Morgan fingerprint density at radius 2 is 1.95 bits per heavy atom. The van der Waals surface area contributed by atoms with E-state index in [-0.39, 0.29) is 11.3 Å². The molecule has 0 saturated carbocycles. The van der Waals surface area contributed by atoms with Gasteiger partial charge in [0.05, 0.1) is 5.56 Å². The predicted octanol–water partition coefficient (Wildman–Crippen LogP) is 3.93. The number of anilines is 1. The second-order valence-electron chi connectivity index (χ2n) is 4.40. The molecule has 22 heavy (non-hydrogen) atoms. The summed E-state index contributed by atoms with van der Waals surface area (Å²) in [5.74, 6) is 0.0290. The Morgan fingerprint density at radius 3 is 2.68 bits per heavy atom. The van der Waals surface area contributed by atoms with Gasteiger partial charge in [0.25, 0.3) is 5.91 Å². The smallest absolute Gasteiger partial charge is 0.261 e. The number of halogens is 1. The van der Waals surface area contributed by atoms with E-state index in [0.717, 1.165) is 17.1 Å². The number of amides is 1. The molecule has 2 N–H and O–H groups in total. The molecule has 0 aliphatic heterocycles. The average molecular weight is 376 g/mol. The Hall–Kier alpha value is -2.25. The maximum absolute atomic E-state index is 12.1. The highest BCUT2D eigenvalue weighted by Crippen LogP contribution is 2.25. The quantitative estimate of drug-likeness (QED) is 0.727. The first-order valence-electron chi connectivity index (χ1n) is 6.32. The molecule has 1 heterocycles. The summed E-state index contributed by atoms with van der Waals surface area (Å²) in [6.07, 6.45) is 0. The van der Waals surface area contributed by atoms with Crippen LogP contribution in [0.2, 0.25) is 0 Å². The molecule has 5 nitrogen and oxygen atoms in total. The zero-order valence-electron chi connectivity index (χ0n) is 11.2. The largest absolute Gasteiger partial charge is 0.507 e. The molecule has 3 aromatic rings. The summed E-state index contributed by atoms with van der Waals surface area (Å²) in [6.45, 7) is 0. The molecular weight excluding hydrogens is 366 g/mol. The van der Waals surface area contributed by atoms with Crippen molar-refractivity contribution in [1.29, 1.82) is 0 Å². The number of rotatable bonds is 3. The van der Waals surface area contributed by atoms with E-state index in [1.165, 1.54) is 12.1 Å². The van der Waals surface area contributed by atoms with Gasteiger partial charge in [-0.3, -0.25) is 10.1 Å². The first kappa shape index (κ1) is 14.7. The highest BCUT2D eigenvalue weighted by Gasteiger charge is 2.14. The van der Waals surface area contributed by atoms with Crippen LogP contribution in [-0.4, -0.2) is 20.4 Å². The first-order chi connectivity index (χ1) is 10.6. The number of hydrogen-bond donors (Lipinski definition) is 2. The molecule has 0 bridgehead atoms. The van der Waals surface area contributed by atoms with Crippen LogP contribution < -0.4 is 5.32 Å². The molecule has 1 amide bonds. The van der Waals surface area contributed by atoms with Crippen molar-refractivity contribution in [2.75, 3.05) is 5.32 Å². The van der Waals surface area contributed by atoms with Crippen LogP contribution >= 0.6 is 27.5 Å². The summed E-state index contributed by atoms with van der Waals surface area (Å²) in [5.41, 5.74) is 1.06. The topological polar surface area (TPSA) is 75.1 Å². The van der Waals surface area contributed by atoms with Gasteiger partial charge in [-0.25, -0.2) is 0 Å². The molecule has 0 fully saturated rings. The zero-order chi connectivity index (χ0) is 15.5. The number of nitrogens with one attached hydrogen (secondary N) is 1. The third kappa shape index (κ3) is 3.15. The number of nitrogens with zero attached hydrogens (tertiary/aromatic N) is 2. The third-order valence-electron chi connectivity index (χ3n) is 2.88. The zero-order valence-corrected chi connectivity index (χ0v) is 13.6. The monoisotopic (exact) mass is 375 g/mol. The summed E-state index contributed by atoms with van der Waals surface area (Å²) in [4.78, 5) is 16.4. The minimum atomic E-state index is -0.430. The van der Waals surface area contributed by atoms with Gasteiger partial charge in [0.15, 0.2) is 5.82 Å². The lowest BCUT2D eigenvalue weighted by Crippen LogP contribution is -2.11. The molecule has 0 unspecified atom stereocenters. The van der Waals surface area contributed by atoms with Gasteiger partial charge in [0.2, 0.25) is 5.13 Å². The van der Waals surface area contributed by atoms with Crippen LogP contribution in [0.4, 0.5) is 5.13 Å². The Kier molecular flexibility index (Phi) is 4.17. The molecule has 0 atom stereocenters. The Balaban J connectivity index is 1.79. The van der Waals surface area contributed by atoms with Crippen molar-refractivity contribution in [2.45, 2.75) is 0 Å². The number of benzene rings is 2. The molecule has 0 saturated heterocycles. The van der Waals surface area contributed by atoms with Crippen LogP contribution in [0.3, 0.4) is 0 Å². The van der Waals surface area contributed by atoms with Crippen LogP contribution in [0.5, 0.6) is 5.75 Å². The van der Waals surface area contributed by atoms with Crippen molar-refractivity contribution in [1.82, 2.24) is 9.36 Å². The third-order valence-corrected chi connectivity index (χ3v) is 4.01.